The lowest BCUT2D eigenvalue weighted by atomic mass is 10.0. The van der Waals surface area contributed by atoms with E-state index in [9.17, 15) is 4.79 Å². The number of hydrogen-bond donors (Lipinski definition) is 1. The molecular weight excluding hydrogens is 202 g/mol. The van der Waals surface area contributed by atoms with Crippen molar-refractivity contribution in [3.05, 3.63) is 35.7 Å². The number of ketones is 1. The molecule has 0 saturated heterocycles. The Morgan fingerprint density at radius 2 is 2.25 bits per heavy atom. The third-order valence-electron chi connectivity index (χ3n) is 2.58. The lowest BCUT2D eigenvalue weighted by Gasteiger charge is -2.02. The first-order valence-corrected chi connectivity index (χ1v) is 5.35. The maximum atomic E-state index is 11.8. The van der Waals surface area contributed by atoms with E-state index in [0.717, 1.165) is 11.2 Å². The zero-order valence-electron chi connectivity index (χ0n) is 9.47. The Hall–Kier alpha value is -1.68. The highest BCUT2D eigenvalue weighted by atomic mass is 16.1. The van der Waals surface area contributed by atoms with Crippen LogP contribution in [0, 0.1) is 0 Å². The first-order valence-electron chi connectivity index (χ1n) is 5.35. The van der Waals surface area contributed by atoms with Crippen LogP contribution in [0.5, 0.6) is 0 Å². The van der Waals surface area contributed by atoms with Gasteiger partial charge in [0, 0.05) is 6.20 Å². The highest BCUT2D eigenvalue weighted by Crippen LogP contribution is 2.22. The summed E-state index contributed by atoms with van der Waals surface area (Å²) in [4.78, 5) is 11.8. The average Bonchev–Trinajstić information content (AvgIpc) is 2.67. The molecule has 0 saturated carbocycles. The zero-order valence-corrected chi connectivity index (χ0v) is 9.47. The molecule has 0 spiro atoms. The molecule has 0 fully saturated rings. The van der Waals surface area contributed by atoms with E-state index in [4.69, 9.17) is 5.73 Å². The van der Waals surface area contributed by atoms with Crippen molar-refractivity contribution in [2.45, 2.75) is 19.8 Å². The molecule has 4 heteroatoms. The van der Waals surface area contributed by atoms with Crippen molar-refractivity contribution in [2.24, 2.45) is 5.73 Å². The van der Waals surface area contributed by atoms with Crippen LogP contribution in [0.3, 0.4) is 0 Å². The zero-order chi connectivity index (χ0) is 11.7. The molecule has 2 N–H and O–H groups in total. The Bertz CT molecular complexity index is 528. The summed E-state index contributed by atoms with van der Waals surface area (Å²) in [5.74, 6) is 0.162. The third kappa shape index (κ3) is 1.61. The summed E-state index contributed by atoms with van der Waals surface area (Å²) in [6, 6.07) is 5.68. The van der Waals surface area contributed by atoms with Crippen LogP contribution in [-0.4, -0.2) is 21.9 Å². The van der Waals surface area contributed by atoms with E-state index in [2.05, 4.69) is 5.10 Å². The predicted molar refractivity (Wildman–Crippen MR) is 62.7 cm³/mol. The van der Waals surface area contributed by atoms with Gasteiger partial charge in [0.2, 0.25) is 0 Å². The van der Waals surface area contributed by atoms with Crippen molar-refractivity contribution in [3.63, 3.8) is 0 Å². The van der Waals surface area contributed by atoms with E-state index in [0.29, 0.717) is 5.56 Å². The van der Waals surface area contributed by atoms with Crippen molar-refractivity contribution in [1.82, 2.24) is 9.61 Å². The van der Waals surface area contributed by atoms with Crippen LogP contribution in [0.2, 0.25) is 0 Å². The number of carbonyl (C=O) groups is 1. The molecule has 0 amide bonds. The fourth-order valence-corrected chi connectivity index (χ4v) is 1.81. The maximum Gasteiger partial charge on any atom is 0.180 e. The molecule has 0 unspecified atom stereocenters. The molecule has 0 bridgehead atoms. The fourth-order valence-electron chi connectivity index (χ4n) is 1.81. The molecule has 84 valence electrons. The van der Waals surface area contributed by atoms with Crippen molar-refractivity contribution in [1.29, 1.82) is 0 Å². The monoisotopic (exact) mass is 217 g/mol. The number of nitrogens with zero attached hydrogens (tertiary/aromatic N) is 2. The number of rotatable bonds is 3. The van der Waals surface area contributed by atoms with Gasteiger partial charge in [-0.15, -0.1) is 0 Å². The van der Waals surface area contributed by atoms with Gasteiger partial charge in [0.15, 0.2) is 5.78 Å². The standard InChI is InChI=1S/C12H15N3O/c1-8(2)12-11(10(16)7-13)9-5-3-4-6-15(9)14-12/h3-6,8H,7,13H2,1-2H3. The topological polar surface area (TPSA) is 60.4 Å². The number of Topliss-reactive ketones (excluding diaryl/α,β-unsaturated/α-hetero) is 1. The van der Waals surface area contributed by atoms with Gasteiger partial charge in [-0.25, -0.2) is 4.52 Å². The smallest absolute Gasteiger partial charge is 0.180 e. The number of fused-ring (bicyclic) bond motifs is 1. The van der Waals surface area contributed by atoms with Gasteiger partial charge >= 0.3 is 0 Å². The number of hydrogen-bond acceptors (Lipinski definition) is 3. The van der Waals surface area contributed by atoms with Crippen LogP contribution in [0.4, 0.5) is 0 Å². The summed E-state index contributed by atoms with van der Waals surface area (Å²) < 4.78 is 1.73. The average molecular weight is 217 g/mol. The Morgan fingerprint density at radius 1 is 1.50 bits per heavy atom. The minimum absolute atomic E-state index is 0.0238. The minimum atomic E-state index is -0.0510. The molecule has 0 aromatic carbocycles. The fraction of sp³-hybridized carbons (Fsp3) is 0.333. The van der Waals surface area contributed by atoms with Crippen molar-refractivity contribution in [3.8, 4) is 0 Å². The molecule has 0 radical (unpaired) electrons. The summed E-state index contributed by atoms with van der Waals surface area (Å²) in [5, 5.41) is 4.42. The summed E-state index contributed by atoms with van der Waals surface area (Å²) in [5.41, 5.74) is 7.76. The quantitative estimate of drug-likeness (QED) is 0.794. The van der Waals surface area contributed by atoms with Crippen molar-refractivity contribution in [2.75, 3.05) is 6.54 Å². The predicted octanol–water partition coefficient (Wildman–Crippen LogP) is 1.60. The molecule has 0 atom stereocenters. The second kappa shape index (κ2) is 4.06. The minimum Gasteiger partial charge on any atom is -0.324 e. The van der Waals surface area contributed by atoms with Gasteiger partial charge in [0.25, 0.3) is 0 Å². The van der Waals surface area contributed by atoms with Crippen LogP contribution in [-0.2, 0) is 0 Å². The Labute approximate surface area is 94.1 Å². The Balaban J connectivity index is 2.74. The molecule has 0 aliphatic heterocycles. The van der Waals surface area contributed by atoms with E-state index < -0.39 is 0 Å². The largest absolute Gasteiger partial charge is 0.324 e. The van der Waals surface area contributed by atoms with Crippen molar-refractivity contribution >= 4 is 11.3 Å². The third-order valence-corrected chi connectivity index (χ3v) is 2.58. The summed E-state index contributed by atoms with van der Waals surface area (Å²) in [7, 11) is 0. The van der Waals surface area contributed by atoms with E-state index in [1.807, 2.05) is 38.2 Å². The second-order valence-electron chi connectivity index (χ2n) is 4.07. The number of carbonyl (C=O) groups excluding carboxylic acids is 1. The Morgan fingerprint density at radius 3 is 2.88 bits per heavy atom. The molecule has 4 nitrogen and oxygen atoms in total. The number of nitrogens with two attached hydrogens (primary N) is 1. The molecule has 16 heavy (non-hydrogen) atoms. The first kappa shape index (κ1) is 10.8. The summed E-state index contributed by atoms with van der Waals surface area (Å²) in [6.45, 7) is 4.07. The van der Waals surface area contributed by atoms with Gasteiger partial charge in [-0.1, -0.05) is 19.9 Å². The van der Waals surface area contributed by atoms with Gasteiger partial charge in [-0.05, 0) is 18.1 Å². The van der Waals surface area contributed by atoms with Gasteiger partial charge in [-0.2, -0.15) is 5.10 Å². The van der Waals surface area contributed by atoms with Crippen LogP contribution < -0.4 is 5.73 Å². The molecule has 2 aromatic rings. The normalized spacial score (nSPS) is 11.2. The number of aromatic nitrogens is 2. The lowest BCUT2D eigenvalue weighted by Crippen LogP contribution is -2.15. The second-order valence-corrected chi connectivity index (χ2v) is 4.07. The van der Waals surface area contributed by atoms with Gasteiger partial charge in [0.1, 0.15) is 0 Å². The van der Waals surface area contributed by atoms with Gasteiger partial charge in [-0.3, -0.25) is 4.79 Å². The maximum absolute atomic E-state index is 11.8. The highest BCUT2D eigenvalue weighted by molar-refractivity contribution is 6.04. The van der Waals surface area contributed by atoms with E-state index in [-0.39, 0.29) is 18.2 Å². The SMILES string of the molecule is CC(C)c1nn2ccccc2c1C(=O)CN. The summed E-state index contributed by atoms with van der Waals surface area (Å²) in [6.07, 6.45) is 1.84. The number of pyridine rings is 1. The lowest BCUT2D eigenvalue weighted by molar-refractivity contribution is 0.100. The molecular formula is C12H15N3O. The Kier molecular flexibility index (Phi) is 2.75. The summed E-state index contributed by atoms with van der Waals surface area (Å²) >= 11 is 0. The molecule has 2 heterocycles. The van der Waals surface area contributed by atoms with Crippen LogP contribution >= 0.6 is 0 Å². The molecule has 0 aliphatic rings. The van der Waals surface area contributed by atoms with Crippen LogP contribution in [0.25, 0.3) is 5.52 Å². The molecule has 2 rings (SSSR count). The van der Waals surface area contributed by atoms with Crippen LogP contribution in [0.1, 0.15) is 35.8 Å². The highest BCUT2D eigenvalue weighted by Gasteiger charge is 2.19. The van der Waals surface area contributed by atoms with Gasteiger partial charge < -0.3 is 5.73 Å². The van der Waals surface area contributed by atoms with E-state index in [1.54, 1.807) is 4.52 Å². The molecule has 0 aliphatic carbocycles. The van der Waals surface area contributed by atoms with Gasteiger partial charge in [0.05, 0.1) is 23.3 Å². The van der Waals surface area contributed by atoms with Crippen molar-refractivity contribution < 1.29 is 4.79 Å². The van der Waals surface area contributed by atoms with Crippen LogP contribution in [0.15, 0.2) is 24.4 Å². The van der Waals surface area contributed by atoms with E-state index >= 15 is 0 Å². The molecule has 2 aromatic heterocycles. The first-order chi connectivity index (χ1) is 7.65. The van der Waals surface area contributed by atoms with E-state index in [1.165, 1.54) is 0 Å².